The fourth-order valence-corrected chi connectivity index (χ4v) is 1.61. The second-order valence-electron chi connectivity index (χ2n) is 3.94. The molecule has 11 heavy (non-hydrogen) atoms. The van der Waals surface area contributed by atoms with Gasteiger partial charge in [0.15, 0.2) is 0 Å². The summed E-state index contributed by atoms with van der Waals surface area (Å²) in [6.07, 6.45) is 4.10. The van der Waals surface area contributed by atoms with E-state index >= 15 is 0 Å². The molecule has 0 saturated heterocycles. The molecular formula is C9H20N2. The van der Waals surface area contributed by atoms with Gasteiger partial charge in [-0.2, -0.15) is 0 Å². The molecule has 1 saturated carbocycles. The van der Waals surface area contributed by atoms with Crippen LogP contribution in [0.25, 0.3) is 0 Å². The molecule has 1 rings (SSSR count). The monoisotopic (exact) mass is 156 g/mol. The van der Waals surface area contributed by atoms with Crippen LogP contribution >= 0.6 is 0 Å². The number of hydrogen-bond donors (Lipinski definition) is 2. The standard InChI is InChI=1S/C9H20N2/c1-3-11-9(2,7-10)6-8-4-5-8/h8,11H,3-7,10H2,1-2H3. The van der Waals surface area contributed by atoms with Gasteiger partial charge in [-0.25, -0.2) is 0 Å². The molecule has 1 aliphatic rings. The van der Waals surface area contributed by atoms with Gasteiger partial charge in [0.1, 0.15) is 0 Å². The second kappa shape index (κ2) is 3.55. The Morgan fingerprint density at radius 2 is 2.18 bits per heavy atom. The summed E-state index contributed by atoms with van der Waals surface area (Å²) in [7, 11) is 0. The van der Waals surface area contributed by atoms with Crippen LogP contribution in [0.3, 0.4) is 0 Å². The highest BCUT2D eigenvalue weighted by Crippen LogP contribution is 2.36. The molecular weight excluding hydrogens is 136 g/mol. The SMILES string of the molecule is CCNC(C)(CN)CC1CC1. The van der Waals surface area contributed by atoms with E-state index in [-0.39, 0.29) is 5.54 Å². The van der Waals surface area contributed by atoms with Gasteiger partial charge in [0.05, 0.1) is 0 Å². The van der Waals surface area contributed by atoms with Gasteiger partial charge >= 0.3 is 0 Å². The molecule has 0 heterocycles. The van der Waals surface area contributed by atoms with E-state index in [2.05, 4.69) is 19.2 Å². The number of rotatable bonds is 5. The van der Waals surface area contributed by atoms with Crippen molar-refractivity contribution >= 4 is 0 Å². The third-order valence-electron chi connectivity index (χ3n) is 2.49. The van der Waals surface area contributed by atoms with E-state index in [0.29, 0.717) is 0 Å². The lowest BCUT2D eigenvalue weighted by Gasteiger charge is -2.29. The Labute approximate surface area is 69.5 Å². The first-order valence-electron chi connectivity index (χ1n) is 4.65. The van der Waals surface area contributed by atoms with E-state index in [0.717, 1.165) is 19.0 Å². The highest BCUT2D eigenvalue weighted by atomic mass is 15.0. The lowest BCUT2D eigenvalue weighted by Crippen LogP contribution is -2.48. The van der Waals surface area contributed by atoms with E-state index in [4.69, 9.17) is 5.73 Å². The molecule has 0 amide bonds. The predicted octanol–water partition coefficient (Wildman–Crippen LogP) is 1.11. The molecule has 0 bridgehead atoms. The first kappa shape index (κ1) is 9.01. The van der Waals surface area contributed by atoms with E-state index in [1.165, 1.54) is 19.3 Å². The third-order valence-corrected chi connectivity index (χ3v) is 2.49. The summed E-state index contributed by atoms with van der Waals surface area (Å²) in [5, 5.41) is 3.46. The summed E-state index contributed by atoms with van der Waals surface area (Å²) in [5.74, 6) is 0.961. The highest BCUT2D eigenvalue weighted by molar-refractivity contribution is 4.90. The Hall–Kier alpha value is -0.0800. The molecule has 1 fully saturated rings. The largest absolute Gasteiger partial charge is 0.329 e. The minimum Gasteiger partial charge on any atom is -0.329 e. The summed E-state index contributed by atoms with van der Waals surface area (Å²) >= 11 is 0. The number of nitrogens with two attached hydrogens (primary N) is 1. The van der Waals surface area contributed by atoms with Gasteiger partial charge < -0.3 is 11.1 Å². The van der Waals surface area contributed by atoms with Crippen LogP contribution < -0.4 is 11.1 Å². The van der Waals surface area contributed by atoms with Crippen molar-refractivity contribution in [2.24, 2.45) is 11.7 Å². The van der Waals surface area contributed by atoms with Crippen LogP contribution in [0, 0.1) is 5.92 Å². The van der Waals surface area contributed by atoms with Crippen molar-refractivity contribution < 1.29 is 0 Å². The zero-order chi connectivity index (χ0) is 8.32. The Kier molecular flexibility index (Phi) is 2.90. The lowest BCUT2D eigenvalue weighted by atomic mass is 9.95. The van der Waals surface area contributed by atoms with Crippen LogP contribution in [0.2, 0.25) is 0 Å². The average molecular weight is 156 g/mol. The predicted molar refractivity (Wildman–Crippen MR) is 48.5 cm³/mol. The Balaban J connectivity index is 2.29. The number of likely N-dealkylation sites (N-methyl/N-ethyl adjacent to an activating group) is 1. The molecule has 0 spiro atoms. The maximum Gasteiger partial charge on any atom is 0.0278 e. The summed E-state index contributed by atoms with van der Waals surface area (Å²) in [4.78, 5) is 0. The smallest absolute Gasteiger partial charge is 0.0278 e. The molecule has 0 aromatic heterocycles. The first-order valence-corrected chi connectivity index (χ1v) is 4.65. The molecule has 3 N–H and O–H groups in total. The van der Waals surface area contributed by atoms with E-state index in [1.54, 1.807) is 0 Å². The molecule has 0 aromatic rings. The third kappa shape index (κ3) is 2.80. The molecule has 1 aliphatic carbocycles. The molecule has 0 aromatic carbocycles. The van der Waals surface area contributed by atoms with Crippen molar-refractivity contribution in [2.45, 2.75) is 38.6 Å². The number of nitrogens with one attached hydrogen (secondary N) is 1. The van der Waals surface area contributed by atoms with E-state index in [1.807, 2.05) is 0 Å². The molecule has 1 atom stereocenters. The van der Waals surface area contributed by atoms with Crippen molar-refractivity contribution in [2.75, 3.05) is 13.1 Å². The number of hydrogen-bond acceptors (Lipinski definition) is 2. The van der Waals surface area contributed by atoms with Gasteiger partial charge in [0, 0.05) is 12.1 Å². The van der Waals surface area contributed by atoms with Gasteiger partial charge in [-0.15, -0.1) is 0 Å². The highest BCUT2D eigenvalue weighted by Gasteiger charge is 2.31. The van der Waals surface area contributed by atoms with Gasteiger partial charge in [-0.05, 0) is 25.8 Å². The minimum atomic E-state index is 0.204. The topological polar surface area (TPSA) is 38.0 Å². The van der Waals surface area contributed by atoms with E-state index in [9.17, 15) is 0 Å². The van der Waals surface area contributed by atoms with E-state index < -0.39 is 0 Å². The van der Waals surface area contributed by atoms with Crippen LogP contribution in [0.15, 0.2) is 0 Å². The van der Waals surface area contributed by atoms with Gasteiger partial charge in [0.2, 0.25) is 0 Å². The van der Waals surface area contributed by atoms with Crippen molar-refractivity contribution in [3.05, 3.63) is 0 Å². The van der Waals surface area contributed by atoms with Crippen LogP contribution in [-0.2, 0) is 0 Å². The van der Waals surface area contributed by atoms with Crippen LogP contribution in [0.1, 0.15) is 33.1 Å². The molecule has 2 heteroatoms. The zero-order valence-electron chi connectivity index (χ0n) is 7.69. The second-order valence-corrected chi connectivity index (χ2v) is 3.94. The summed E-state index contributed by atoms with van der Waals surface area (Å²) < 4.78 is 0. The van der Waals surface area contributed by atoms with Gasteiger partial charge in [-0.3, -0.25) is 0 Å². The van der Waals surface area contributed by atoms with Crippen LogP contribution in [0.4, 0.5) is 0 Å². The van der Waals surface area contributed by atoms with Crippen LogP contribution in [-0.4, -0.2) is 18.6 Å². The summed E-state index contributed by atoms with van der Waals surface area (Å²) in [6, 6.07) is 0. The molecule has 0 aliphatic heterocycles. The summed E-state index contributed by atoms with van der Waals surface area (Å²) in [6.45, 7) is 6.16. The fraction of sp³-hybridized carbons (Fsp3) is 1.00. The minimum absolute atomic E-state index is 0.204. The van der Waals surface area contributed by atoms with Crippen molar-refractivity contribution in [3.63, 3.8) is 0 Å². The maximum absolute atomic E-state index is 5.71. The Morgan fingerprint density at radius 1 is 1.55 bits per heavy atom. The normalized spacial score (nSPS) is 23.2. The molecule has 2 nitrogen and oxygen atoms in total. The van der Waals surface area contributed by atoms with Crippen LogP contribution in [0.5, 0.6) is 0 Å². The summed E-state index contributed by atoms with van der Waals surface area (Å²) in [5.41, 5.74) is 5.91. The Bertz CT molecular complexity index is 121. The molecule has 1 unspecified atom stereocenters. The quantitative estimate of drug-likeness (QED) is 0.626. The first-order chi connectivity index (χ1) is 5.20. The molecule has 66 valence electrons. The van der Waals surface area contributed by atoms with Gasteiger partial charge in [-0.1, -0.05) is 19.8 Å². The molecule has 0 radical (unpaired) electrons. The van der Waals surface area contributed by atoms with Gasteiger partial charge in [0.25, 0.3) is 0 Å². The van der Waals surface area contributed by atoms with Crippen molar-refractivity contribution in [1.82, 2.24) is 5.32 Å². The lowest BCUT2D eigenvalue weighted by molar-refractivity contribution is 0.330. The maximum atomic E-state index is 5.71. The van der Waals surface area contributed by atoms with Crippen molar-refractivity contribution in [3.8, 4) is 0 Å². The Morgan fingerprint density at radius 3 is 2.55 bits per heavy atom. The zero-order valence-corrected chi connectivity index (χ0v) is 7.69. The fourth-order valence-electron chi connectivity index (χ4n) is 1.61. The van der Waals surface area contributed by atoms with Crippen molar-refractivity contribution in [1.29, 1.82) is 0 Å². The average Bonchev–Trinajstić information content (AvgIpc) is 2.73.